The van der Waals surface area contributed by atoms with Crippen LogP contribution in [0.1, 0.15) is 27.9 Å². The quantitative estimate of drug-likeness (QED) is 0.406. The van der Waals surface area contributed by atoms with Gasteiger partial charge in [0.25, 0.3) is 5.91 Å². The second-order valence-electron chi connectivity index (χ2n) is 8.10. The van der Waals surface area contributed by atoms with Gasteiger partial charge in [0.1, 0.15) is 0 Å². The lowest BCUT2D eigenvalue weighted by Crippen LogP contribution is -2.33. The molecule has 1 aromatic heterocycles. The zero-order valence-corrected chi connectivity index (χ0v) is 18.8. The van der Waals surface area contributed by atoms with E-state index in [1.54, 1.807) is 11.3 Å². The lowest BCUT2D eigenvalue weighted by atomic mass is 10.1. The third-order valence-corrected chi connectivity index (χ3v) is 6.30. The van der Waals surface area contributed by atoms with Gasteiger partial charge < -0.3 is 4.90 Å². The molecular weight excluding hydrogens is 390 g/mol. The largest absolute Gasteiger partial charge is 0.309 e. The van der Waals surface area contributed by atoms with Gasteiger partial charge in [-0.2, -0.15) is 0 Å². The Bertz CT molecular complexity index is 1210. The van der Waals surface area contributed by atoms with Crippen LogP contribution < -0.4 is 4.90 Å². The molecule has 0 N–H and O–H groups in total. The molecule has 5 heteroatoms. The first-order valence-electron chi connectivity index (χ1n) is 10.3. The summed E-state index contributed by atoms with van der Waals surface area (Å²) in [6, 6.07) is 18.4. The maximum atomic E-state index is 13.6. The first-order valence-corrected chi connectivity index (χ1v) is 11.1. The second-order valence-corrected chi connectivity index (χ2v) is 9.11. The number of anilines is 1. The molecule has 4 nitrogen and oxygen atoms in total. The van der Waals surface area contributed by atoms with Crippen molar-refractivity contribution in [1.82, 2.24) is 9.88 Å². The average molecular weight is 418 g/mol. The van der Waals surface area contributed by atoms with Gasteiger partial charge in [-0.1, -0.05) is 47.7 Å². The Kier molecular flexibility index (Phi) is 5.84. The third kappa shape index (κ3) is 4.23. The molecule has 30 heavy (non-hydrogen) atoms. The van der Waals surface area contributed by atoms with Gasteiger partial charge in [0, 0.05) is 12.1 Å². The summed E-state index contributed by atoms with van der Waals surface area (Å²) in [7, 11) is 4.11. The molecule has 0 bridgehead atoms. The minimum Gasteiger partial charge on any atom is -0.309 e. The van der Waals surface area contributed by atoms with Gasteiger partial charge in [-0.3, -0.25) is 9.69 Å². The monoisotopic (exact) mass is 417 g/mol. The SMILES string of the molecule is Cc1cc(C)c2nc(N(CCCN(C)C)C(=O)c3ccc4ccccc4c3)sc2c1. The normalized spacial score (nSPS) is 11.5. The number of aromatic nitrogens is 1. The van der Waals surface area contributed by atoms with E-state index in [4.69, 9.17) is 4.98 Å². The van der Waals surface area contributed by atoms with Crippen molar-refractivity contribution in [3.8, 4) is 0 Å². The number of benzene rings is 3. The molecule has 0 spiro atoms. The molecule has 0 radical (unpaired) electrons. The summed E-state index contributed by atoms with van der Waals surface area (Å²) in [6.07, 6.45) is 0.889. The molecule has 154 valence electrons. The number of nitrogens with zero attached hydrogens (tertiary/aromatic N) is 3. The highest BCUT2D eigenvalue weighted by atomic mass is 32.1. The molecule has 0 fully saturated rings. The molecule has 0 atom stereocenters. The van der Waals surface area contributed by atoms with Gasteiger partial charge >= 0.3 is 0 Å². The van der Waals surface area contributed by atoms with Crippen molar-refractivity contribution in [2.24, 2.45) is 0 Å². The zero-order chi connectivity index (χ0) is 21.3. The molecule has 1 amide bonds. The second kappa shape index (κ2) is 8.54. The highest BCUT2D eigenvalue weighted by Gasteiger charge is 2.22. The average Bonchev–Trinajstić information content (AvgIpc) is 3.14. The Morgan fingerprint density at radius 1 is 0.967 bits per heavy atom. The van der Waals surface area contributed by atoms with Crippen LogP contribution in [-0.2, 0) is 0 Å². The number of hydrogen-bond acceptors (Lipinski definition) is 4. The number of thiazole rings is 1. The lowest BCUT2D eigenvalue weighted by Gasteiger charge is -2.21. The standard InChI is InChI=1S/C25H27N3OS/c1-17-14-18(2)23-22(15-17)30-25(26-23)28(13-7-12-27(3)4)24(29)21-11-10-19-8-5-6-9-20(19)16-21/h5-6,8-11,14-16H,7,12-13H2,1-4H3. The van der Waals surface area contributed by atoms with Gasteiger partial charge in [-0.15, -0.1) is 0 Å². The maximum absolute atomic E-state index is 13.6. The fraction of sp³-hybridized carbons (Fsp3) is 0.280. The summed E-state index contributed by atoms with van der Waals surface area (Å²) >= 11 is 1.60. The Morgan fingerprint density at radius 2 is 1.73 bits per heavy atom. The van der Waals surface area contributed by atoms with E-state index in [1.165, 1.54) is 5.56 Å². The molecule has 0 saturated carbocycles. The van der Waals surface area contributed by atoms with E-state index >= 15 is 0 Å². The summed E-state index contributed by atoms with van der Waals surface area (Å²) in [6.45, 7) is 5.74. The van der Waals surface area contributed by atoms with Gasteiger partial charge in [0.2, 0.25) is 0 Å². The van der Waals surface area contributed by atoms with Gasteiger partial charge in [0.15, 0.2) is 5.13 Å². The molecule has 0 unspecified atom stereocenters. The predicted molar refractivity (Wildman–Crippen MR) is 128 cm³/mol. The summed E-state index contributed by atoms with van der Waals surface area (Å²) < 4.78 is 1.13. The fourth-order valence-corrected chi connectivity index (χ4v) is 4.95. The number of aryl methyl sites for hydroxylation is 2. The first-order chi connectivity index (χ1) is 14.4. The van der Waals surface area contributed by atoms with Crippen molar-refractivity contribution in [2.45, 2.75) is 20.3 Å². The first kappa shape index (κ1) is 20.5. The Morgan fingerprint density at radius 3 is 2.50 bits per heavy atom. The Hall–Kier alpha value is -2.76. The van der Waals surface area contributed by atoms with Crippen LogP contribution in [0.5, 0.6) is 0 Å². The van der Waals surface area contributed by atoms with E-state index in [2.05, 4.69) is 51.0 Å². The minimum absolute atomic E-state index is 0.00735. The van der Waals surface area contributed by atoms with Crippen LogP contribution in [0.2, 0.25) is 0 Å². The predicted octanol–water partition coefficient (Wildman–Crippen LogP) is 5.66. The molecule has 4 rings (SSSR count). The summed E-state index contributed by atoms with van der Waals surface area (Å²) in [5, 5.41) is 2.99. The number of carbonyl (C=O) groups excluding carboxylic acids is 1. The number of hydrogen-bond donors (Lipinski definition) is 0. The minimum atomic E-state index is 0.00735. The zero-order valence-electron chi connectivity index (χ0n) is 18.0. The number of rotatable bonds is 6. The topological polar surface area (TPSA) is 36.4 Å². The van der Waals surface area contributed by atoms with Gasteiger partial charge in [0.05, 0.1) is 10.2 Å². The lowest BCUT2D eigenvalue weighted by molar-refractivity contribution is 0.0986. The summed E-state index contributed by atoms with van der Waals surface area (Å²) in [4.78, 5) is 22.4. The maximum Gasteiger partial charge on any atom is 0.260 e. The van der Waals surface area contributed by atoms with Crippen molar-refractivity contribution in [1.29, 1.82) is 0 Å². The molecule has 3 aromatic carbocycles. The number of fused-ring (bicyclic) bond motifs is 2. The molecular formula is C25H27N3OS. The molecule has 0 saturated heterocycles. The van der Waals surface area contributed by atoms with Crippen LogP contribution in [0, 0.1) is 13.8 Å². The van der Waals surface area contributed by atoms with Crippen molar-refractivity contribution in [2.75, 3.05) is 32.1 Å². The number of amides is 1. The van der Waals surface area contributed by atoms with Gasteiger partial charge in [-0.25, -0.2) is 4.98 Å². The van der Waals surface area contributed by atoms with Crippen molar-refractivity contribution >= 4 is 43.4 Å². The smallest absolute Gasteiger partial charge is 0.260 e. The van der Waals surface area contributed by atoms with Crippen molar-refractivity contribution in [3.05, 3.63) is 71.3 Å². The Balaban J connectivity index is 1.73. The third-order valence-electron chi connectivity index (χ3n) is 5.28. The molecule has 1 heterocycles. The molecule has 0 aliphatic heterocycles. The number of carbonyl (C=O) groups is 1. The van der Waals surface area contributed by atoms with E-state index in [-0.39, 0.29) is 5.91 Å². The fourth-order valence-electron chi connectivity index (χ4n) is 3.78. The van der Waals surface area contributed by atoms with Crippen LogP contribution >= 0.6 is 11.3 Å². The summed E-state index contributed by atoms with van der Waals surface area (Å²) in [5.41, 5.74) is 4.06. The van der Waals surface area contributed by atoms with Gasteiger partial charge in [-0.05, 0) is 81.0 Å². The molecule has 0 aliphatic rings. The van der Waals surface area contributed by atoms with E-state index in [1.807, 2.05) is 41.3 Å². The van der Waals surface area contributed by atoms with E-state index in [0.29, 0.717) is 12.1 Å². The van der Waals surface area contributed by atoms with Crippen LogP contribution in [0.3, 0.4) is 0 Å². The Labute approximate surface area is 181 Å². The van der Waals surface area contributed by atoms with Crippen LogP contribution in [-0.4, -0.2) is 43.0 Å². The van der Waals surface area contributed by atoms with Crippen LogP contribution in [0.15, 0.2) is 54.6 Å². The van der Waals surface area contributed by atoms with Crippen molar-refractivity contribution in [3.63, 3.8) is 0 Å². The van der Waals surface area contributed by atoms with Crippen LogP contribution in [0.4, 0.5) is 5.13 Å². The van der Waals surface area contributed by atoms with Crippen LogP contribution in [0.25, 0.3) is 21.0 Å². The molecule has 0 aliphatic carbocycles. The van der Waals surface area contributed by atoms with E-state index in [9.17, 15) is 4.79 Å². The van der Waals surface area contributed by atoms with E-state index in [0.717, 1.165) is 44.6 Å². The van der Waals surface area contributed by atoms with E-state index < -0.39 is 0 Å². The summed E-state index contributed by atoms with van der Waals surface area (Å²) in [5.74, 6) is 0.00735. The molecule has 4 aromatic rings. The van der Waals surface area contributed by atoms with Crippen molar-refractivity contribution < 1.29 is 4.79 Å². The highest BCUT2D eigenvalue weighted by molar-refractivity contribution is 7.22. The highest BCUT2D eigenvalue weighted by Crippen LogP contribution is 2.32.